The van der Waals surface area contributed by atoms with Gasteiger partial charge in [0.25, 0.3) is 0 Å². The summed E-state index contributed by atoms with van der Waals surface area (Å²) in [6, 6.07) is 8.22. The zero-order valence-electron chi connectivity index (χ0n) is 15.7. The molecule has 0 aliphatic heterocycles. The van der Waals surface area contributed by atoms with Crippen LogP contribution in [0.2, 0.25) is 0 Å². The summed E-state index contributed by atoms with van der Waals surface area (Å²) in [6.45, 7) is 1.64. The maximum absolute atomic E-state index is 10.9. The van der Waals surface area contributed by atoms with Gasteiger partial charge in [-0.1, -0.05) is 37.5 Å². The van der Waals surface area contributed by atoms with Crippen LogP contribution in [0.25, 0.3) is 10.9 Å². The Morgan fingerprint density at radius 1 is 1.22 bits per heavy atom. The quantitative estimate of drug-likeness (QED) is 0.528. The number of H-pyrrole nitrogens is 1. The molecular formula is C20H29N3O4. The highest BCUT2D eigenvalue weighted by Gasteiger charge is 2.29. The van der Waals surface area contributed by atoms with Crippen LogP contribution in [0.15, 0.2) is 30.5 Å². The van der Waals surface area contributed by atoms with Gasteiger partial charge in [-0.25, -0.2) is 0 Å². The number of carboxylic acids is 2. The second-order valence-electron chi connectivity index (χ2n) is 7.37. The number of rotatable bonds is 6. The lowest BCUT2D eigenvalue weighted by Crippen LogP contribution is -2.46. The molecule has 0 spiro atoms. The minimum absolute atomic E-state index is 0.116. The summed E-state index contributed by atoms with van der Waals surface area (Å²) in [5.41, 5.74) is 6.43. The number of aromatic nitrogens is 1. The summed E-state index contributed by atoms with van der Waals surface area (Å²) in [6.07, 6.45) is 8.23. The van der Waals surface area contributed by atoms with Crippen LogP contribution in [0, 0.1) is 0 Å². The van der Waals surface area contributed by atoms with E-state index >= 15 is 0 Å². The van der Waals surface area contributed by atoms with Crippen molar-refractivity contribution < 1.29 is 19.8 Å². The molecule has 0 saturated heterocycles. The van der Waals surface area contributed by atoms with Crippen LogP contribution in [0.5, 0.6) is 0 Å². The minimum Gasteiger partial charge on any atom is -0.480 e. The maximum Gasteiger partial charge on any atom is 0.323 e. The van der Waals surface area contributed by atoms with Gasteiger partial charge in [0.15, 0.2) is 0 Å². The number of hydrogen-bond acceptors (Lipinski definition) is 4. The number of benzene rings is 1. The fourth-order valence-electron chi connectivity index (χ4n) is 3.29. The number of aromatic amines is 1. The van der Waals surface area contributed by atoms with Crippen molar-refractivity contribution in [2.75, 3.05) is 6.54 Å². The first-order chi connectivity index (χ1) is 12.8. The Bertz CT molecular complexity index is 763. The van der Waals surface area contributed by atoms with E-state index in [1.54, 1.807) is 0 Å². The van der Waals surface area contributed by atoms with Gasteiger partial charge in [-0.05, 0) is 31.4 Å². The van der Waals surface area contributed by atoms with Crippen molar-refractivity contribution in [1.82, 2.24) is 10.3 Å². The first kappa shape index (κ1) is 20.9. The summed E-state index contributed by atoms with van der Waals surface area (Å²) in [4.78, 5) is 24.2. The molecule has 7 heteroatoms. The summed E-state index contributed by atoms with van der Waals surface area (Å²) >= 11 is 0. The van der Waals surface area contributed by atoms with E-state index in [0.29, 0.717) is 12.5 Å². The molecular weight excluding hydrogens is 346 g/mol. The lowest BCUT2D eigenvalue weighted by molar-refractivity contribution is -0.142. The van der Waals surface area contributed by atoms with Crippen LogP contribution in [-0.4, -0.2) is 45.3 Å². The highest BCUT2D eigenvalue weighted by molar-refractivity contribution is 5.85. The van der Waals surface area contributed by atoms with Gasteiger partial charge in [-0.3, -0.25) is 9.59 Å². The highest BCUT2D eigenvalue weighted by Crippen LogP contribution is 2.21. The monoisotopic (exact) mass is 375 g/mol. The van der Waals surface area contributed by atoms with Crippen LogP contribution < -0.4 is 11.1 Å². The SMILES string of the molecule is C[C@](N)(Cc1c[nH]c2ccccc12)C(=O)O.O=C(O)CNC1CCCCC1. The van der Waals surface area contributed by atoms with E-state index < -0.39 is 17.5 Å². The van der Waals surface area contributed by atoms with Crippen LogP contribution in [-0.2, 0) is 16.0 Å². The molecule has 3 rings (SSSR count). The molecule has 6 N–H and O–H groups in total. The summed E-state index contributed by atoms with van der Waals surface area (Å²) in [5.74, 6) is -1.74. The second kappa shape index (κ2) is 9.53. The van der Waals surface area contributed by atoms with E-state index in [1.165, 1.54) is 26.2 Å². The molecule has 1 heterocycles. The van der Waals surface area contributed by atoms with Crippen molar-refractivity contribution in [1.29, 1.82) is 0 Å². The third-order valence-electron chi connectivity index (χ3n) is 4.87. The van der Waals surface area contributed by atoms with Gasteiger partial charge < -0.3 is 26.2 Å². The molecule has 7 nitrogen and oxygen atoms in total. The molecule has 1 aliphatic rings. The number of nitrogens with two attached hydrogens (primary N) is 1. The Labute approximate surface area is 159 Å². The van der Waals surface area contributed by atoms with E-state index in [2.05, 4.69) is 10.3 Å². The number of hydrogen-bond donors (Lipinski definition) is 5. The number of fused-ring (bicyclic) bond motifs is 1. The van der Waals surface area contributed by atoms with Crippen molar-refractivity contribution in [3.63, 3.8) is 0 Å². The van der Waals surface area contributed by atoms with Gasteiger partial charge in [0.1, 0.15) is 5.54 Å². The van der Waals surface area contributed by atoms with Gasteiger partial charge in [0.05, 0.1) is 6.54 Å². The molecule has 1 aromatic carbocycles. The molecule has 27 heavy (non-hydrogen) atoms. The lowest BCUT2D eigenvalue weighted by atomic mass is 9.94. The smallest absolute Gasteiger partial charge is 0.323 e. The third kappa shape index (κ3) is 6.37. The topological polar surface area (TPSA) is 128 Å². The van der Waals surface area contributed by atoms with Crippen molar-refractivity contribution in [2.24, 2.45) is 5.73 Å². The predicted molar refractivity (Wildman–Crippen MR) is 105 cm³/mol. The zero-order chi connectivity index (χ0) is 19.9. The van der Waals surface area contributed by atoms with Crippen molar-refractivity contribution in [2.45, 2.75) is 57.0 Å². The highest BCUT2D eigenvalue weighted by atomic mass is 16.4. The average Bonchev–Trinajstić information content (AvgIpc) is 3.04. The Morgan fingerprint density at radius 3 is 2.52 bits per heavy atom. The van der Waals surface area contributed by atoms with Gasteiger partial charge in [0, 0.05) is 29.6 Å². The third-order valence-corrected chi connectivity index (χ3v) is 4.87. The Morgan fingerprint density at radius 2 is 1.89 bits per heavy atom. The lowest BCUT2D eigenvalue weighted by Gasteiger charge is -2.21. The normalized spacial score (nSPS) is 17.0. The fraction of sp³-hybridized carbons (Fsp3) is 0.500. The number of aliphatic carboxylic acids is 2. The number of carboxylic acid groups (broad SMARTS) is 2. The van der Waals surface area contributed by atoms with E-state index in [9.17, 15) is 9.59 Å². The van der Waals surface area contributed by atoms with Gasteiger partial charge >= 0.3 is 11.9 Å². The number of para-hydroxylation sites is 1. The minimum atomic E-state index is -1.23. The average molecular weight is 375 g/mol. The summed E-state index contributed by atoms with van der Waals surface area (Å²) < 4.78 is 0. The Hall–Kier alpha value is -2.38. The predicted octanol–water partition coefficient (Wildman–Crippen LogP) is 2.51. The van der Waals surface area contributed by atoms with Gasteiger partial charge in [-0.2, -0.15) is 0 Å². The standard InChI is InChI=1S/C12H14N2O2.C8H15NO2/c1-12(13,11(15)16)6-8-7-14-10-5-3-2-4-9(8)10;10-8(11)6-9-7-4-2-1-3-5-7/h2-5,7,14H,6,13H2,1H3,(H,15,16);7,9H,1-6H2,(H,10,11)/t12-;/m0./s1. The van der Waals surface area contributed by atoms with Crippen LogP contribution in [0.3, 0.4) is 0 Å². The molecule has 0 bridgehead atoms. The van der Waals surface area contributed by atoms with Crippen molar-refractivity contribution in [3.8, 4) is 0 Å². The van der Waals surface area contributed by atoms with E-state index in [1.807, 2.05) is 30.5 Å². The van der Waals surface area contributed by atoms with E-state index in [0.717, 1.165) is 29.3 Å². The molecule has 148 valence electrons. The van der Waals surface area contributed by atoms with Crippen molar-refractivity contribution in [3.05, 3.63) is 36.0 Å². The van der Waals surface area contributed by atoms with Crippen LogP contribution in [0.4, 0.5) is 0 Å². The van der Waals surface area contributed by atoms with Gasteiger partial charge in [0.2, 0.25) is 0 Å². The second-order valence-corrected chi connectivity index (χ2v) is 7.37. The first-order valence-corrected chi connectivity index (χ1v) is 9.32. The van der Waals surface area contributed by atoms with Crippen molar-refractivity contribution >= 4 is 22.8 Å². The fourth-order valence-corrected chi connectivity index (χ4v) is 3.29. The van der Waals surface area contributed by atoms with E-state index in [-0.39, 0.29) is 6.54 Å². The summed E-state index contributed by atoms with van der Waals surface area (Å²) in [5, 5.41) is 21.4. The molecule has 0 unspecified atom stereocenters. The molecule has 1 aliphatic carbocycles. The molecule has 1 fully saturated rings. The summed E-state index contributed by atoms with van der Waals surface area (Å²) in [7, 11) is 0. The maximum atomic E-state index is 10.9. The Balaban J connectivity index is 0.000000208. The first-order valence-electron chi connectivity index (χ1n) is 9.32. The molecule has 2 aromatic rings. The number of nitrogens with one attached hydrogen (secondary N) is 2. The zero-order valence-corrected chi connectivity index (χ0v) is 15.7. The van der Waals surface area contributed by atoms with Crippen LogP contribution >= 0.6 is 0 Å². The molecule has 1 atom stereocenters. The van der Waals surface area contributed by atoms with Gasteiger partial charge in [-0.15, -0.1) is 0 Å². The number of carbonyl (C=O) groups is 2. The Kier molecular flexibility index (Phi) is 7.38. The van der Waals surface area contributed by atoms with E-state index in [4.69, 9.17) is 15.9 Å². The molecule has 1 aromatic heterocycles. The van der Waals surface area contributed by atoms with Crippen LogP contribution in [0.1, 0.15) is 44.6 Å². The molecule has 0 amide bonds. The largest absolute Gasteiger partial charge is 0.480 e. The molecule has 1 saturated carbocycles. The molecule has 0 radical (unpaired) electrons.